The van der Waals surface area contributed by atoms with Crippen LogP contribution in [0.3, 0.4) is 0 Å². The first kappa shape index (κ1) is 22.1. The lowest BCUT2D eigenvalue weighted by atomic mass is 9.95. The number of anilines is 1. The van der Waals surface area contributed by atoms with Gasteiger partial charge in [0.1, 0.15) is 11.5 Å². The van der Waals surface area contributed by atoms with Crippen molar-refractivity contribution in [1.82, 2.24) is 4.98 Å². The van der Waals surface area contributed by atoms with Crippen molar-refractivity contribution in [2.45, 2.75) is 13.0 Å². The maximum atomic E-state index is 13.3. The summed E-state index contributed by atoms with van der Waals surface area (Å²) in [5, 5.41) is 12.1. The van der Waals surface area contributed by atoms with Gasteiger partial charge in [-0.1, -0.05) is 64.9 Å². The van der Waals surface area contributed by atoms with Crippen LogP contribution in [-0.2, 0) is 9.59 Å². The van der Waals surface area contributed by atoms with E-state index in [1.807, 2.05) is 19.1 Å². The second-order valence-electron chi connectivity index (χ2n) is 7.92. The largest absolute Gasteiger partial charge is 0.507 e. The van der Waals surface area contributed by atoms with Crippen LogP contribution in [0.25, 0.3) is 16.0 Å². The van der Waals surface area contributed by atoms with E-state index >= 15 is 0 Å². The Kier molecular flexibility index (Phi) is 5.59. The molecule has 0 saturated carbocycles. The highest BCUT2D eigenvalue weighted by atomic mass is 35.5. The van der Waals surface area contributed by atoms with Gasteiger partial charge in [-0.3, -0.25) is 14.5 Å². The summed E-state index contributed by atoms with van der Waals surface area (Å²) in [6.45, 7) is 1.93. The van der Waals surface area contributed by atoms with E-state index in [4.69, 9.17) is 16.3 Å². The normalized spacial score (nSPS) is 17.5. The summed E-state index contributed by atoms with van der Waals surface area (Å²) in [6, 6.07) is 18.6. The predicted molar refractivity (Wildman–Crippen MR) is 134 cm³/mol. The minimum absolute atomic E-state index is 0.0105. The number of carbonyl (C=O) groups is 2. The lowest BCUT2D eigenvalue weighted by Crippen LogP contribution is -2.29. The van der Waals surface area contributed by atoms with Gasteiger partial charge in [-0.05, 0) is 42.8 Å². The number of rotatable bonds is 4. The van der Waals surface area contributed by atoms with Crippen molar-refractivity contribution in [3.8, 4) is 5.75 Å². The van der Waals surface area contributed by atoms with Crippen LogP contribution in [-0.4, -0.2) is 28.9 Å². The van der Waals surface area contributed by atoms with E-state index in [1.54, 1.807) is 61.7 Å². The van der Waals surface area contributed by atoms with Gasteiger partial charge in [-0.2, -0.15) is 0 Å². The van der Waals surface area contributed by atoms with Crippen molar-refractivity contribution < 1.29 is 19.4 Å². The number of aromatic nitrogens is 1. The first-order chi connectivity index (χ1) is 16.4. The molecule has 0 spiro atoms. The SMILES string of the molecule is COc1ccc(C2C(=C(O)c3ccc(C)cc3)C(=O)C(=O)N2c2nc3ccc(Cl)cc3s2)cc1. The number of methoxy groups -OCH3 is 1. The molecule has 1 fully saturated rings. The number of carbonyl (C=O) groups excluding carboxylic acids is 2. The van der Waals surface area contributed by atoms with E-state index < -0.39 is 17.7 Å². The van der Waals surface area contributed by atoms with E-state index in [2.05, 4.69) is 4.98 Å². The fraction of sp³-hybridized carbons (Fsp3) is 0.115. The zero-order valence-corrected chi connectivity index (χ0v) is 19.9. The van der Waals surface area contributed by atoms with Crippen LogP contribution in [0.2, 0.25) is 5.02 Å². The average Bonchev–Trinajstić information content (AvgIpc) is 3.37. The summed E-state index contributed by atoms with van der Waals surface area (Å²) in [7, 11) is 1.56. The van der Waals surface area contributed by atoms with Crippen LogP contribution in [0.4, 0.5) is 5.13 Å². The van der Waals surface area contributed by atoms with E-state index in [0.717, 1.165) is 10.3 Å². The molecule has 1 unspecified atom stereocenters. The second-order valence-corrected chi connectivity index (χ2v) is 9.36. The van der Waals surface area contributed by atoms with Crippen LogP contribution in [0.1, 0.15) is 22.7 Å². The quantitative estimate of drug-likeness (QED) is 0.219. The summed E-state index contributed by atoms with van der Waals surface area (Å²) >= 11 is 7.39. The zero-order valence-electron chi connectivity index (χ0n) is 18.3. The highest BCUT2D eigenvalue weighted by Gasteiger charge is 2.48. The Hall–Kier alpha value is -3.68. The van der Waals surface area contributed by atoms with Gasteiger partial charge in [-0.15, -0.1) is 0 Å². The van der Waals surface area contributed by atoms with Gasteiger partial charge in [0.15, 0.2) is 5.13 Å². The van der Waals surface area contributed by atoms with Crippen LogP contribution in [0.15, 0.2) is 72.3 Å². The molecule has 3 aromatic carbocycles. The van der Waals surface area contributed by atoms with Gasteiger partial charge in [-0.25, -0.2) is 4.98 Å². The molecule has 2 heterocycles. The number of aliphatic hydroxyl groups is 1. The predicted octanol–water partition coefficient (Wildman–Crippen LogP) is 5.89. The Morgan fingerprint density at radius 2 is 1.76 bits per heavy atom. The molecule has 4 aromatic rings. The molecule has 6 nitrogen and oxygen atoms in total. The van der Waals surface area contributed by atoms with Crippen molar-refractivity contribution in [3.63, 3.8) is 0 Å². The molecule has 34 heavy (non-hydrogen) atoms. The molecular formula is C26H19ClN2O4S. The topological polar surface area (TPSA) is 79.7 Å². The zero-order chi connectivity index (χ0) is 24.0. The number of thiazole rings is 1. The number of fused-ring (bicyclic) bond motifs is 1. The molecule has 1 aliphatic heterocycles. The maximum Gasteiger partial charge on any atom is 0.301 e. The minimum atomic E-state index is -0.858. The molecule has 1 N–H and O–H groups in total. The number of Topliss-reactive ketones (excluding diaryl/α,β-unsaturated/α-hetero) is 1. The summed E-state index contributed by atoms with van der Waals surface area (Å²) in [6.07, 6.45) is 0. The van der Waals surface area contributed by atoms with Gasteiger partial charge >= 0.3 is 5.91 Å². The smallest absolute Gasteiger partial charge is 0.301 e. The highest BCUT2D eigenvalue weighted by Crippen LogP contribution is 2.44. The average molecular weight is 491 g/mol. The molecule has 1 aliphatic rings. The number of amides is 1. The number of ketones is 1. The molecule has 0 aliphatic carbocycles. The standard InChI is InChI=1S/C26H19ClN2O4S/c1-14-3-5-16(6-4-14)23(30)21-22(15-7-10-18(33-2)11-8-15)29(25(32)24(21)31)26-28-19-12-9-17(27)13-20(19)34-26/h3-13,22,30H,1-2H3. The van der Waals surface area contributed by atoms with Gasteiger partial charge in [0, 0.05) is 10.6 Å². The van der Waals surface area contributed by atoms with Gasteiger partial charge in [0.25, 0.3) is 5.78 Å². The molecule has 1 amide bonds. The molecule has 1 saturated heterocycles. The molecule has 5 rings (SSSR count). The summed E-state index contributed by atoms with van der Waals surface area (Å²) in [4.78, 5) is 32.5. The lowest BCUT2D eigenvalue weighted by Gasteiger charge is -2.23. The van der Waals surface area contributed by atoms with Crippen molar-refractivity contribution in [3.05, 3.63) is 94.0 Å². The number of nitrogens with zero attached hydrogens (tertiary/aromatic N) is 2. The molecule has 0 radical (unpaired) electrons. The van der Waals surface area contributed by atoms with E-state index in [1.165, 1.54) is 16.2 Å². The van der Waals surface area contributed by atoms with Crippen molar-refractivity contribution >= 4 is 55.7 Å². The van der Waals surface area contributed by atoms with E-state index in [-0.39, 0.29) is 11.3 Å². The van der Waals surface area contributed by atoms with Crippen molar-refractivity contribution in [2.75, 3.05) is 12.0 Å². The lowest BCUT2D eigenvalue weighted by molar-refractivity contribution is -0.132. The Bertz CT molecular complexity index is 1460. The maximum absolute atomic E-state index is 13.3. The molecule has 170 valence electrons. The number of halogens is 1. The summed E-state index contributed by atoms with van der Waals surface area (Å²) in [5.74, 6) is -1.12. The Balaban J connectivity index is 1.72. The summed E-state index contributed by atoms with van der Waals surface area (Å²) < 4.78 is 6.05. The van der Waals surface area contributed by atoms with E-state index in [0.29, 0.717) is 32.5 Å². The third-order valence-electron chi connectivity index (χ3n) is 5.75. The fourth-order valence-corrected chi connectivity index (χ4v) is 5.26. The Labute approximate surface area is 204 Å². The first-order valence-corrected chi connectivity index (χ1v) is 11.6. The first-order valence-electron chi connectivity index (χ1n) is 10.5. The minimum Gasteiger partial charge on any atom is -0.507 e. The van der Waals surface area contributed by atoms with Gasteiger partial charge < -0.3 is 9.84 Å². The van der Waals surface area contributed by atoms with Crippen LogP contribution in [0.5, 0.6) is 5.75 Å². The van der Waals surface area contributed by atoms with Crippen LogP contribution < -0.4 is 9.64 Å². The molecule has 1 aromatic heterocycles. The molecule has 1 atom stereocenters. The van der Waals surface area contributed by atoms with Crippen LogP contribution in [0, 0.1) is 6.92 Å². The molecule has 0 bridgehead atoms. The van der Waals surface area contributed by atoms with Gasteiger partial charge in [0.2, 0.25) is 0 Å². The monoisotopic (exact) mass is 490 g/mol. The van der Waals surface area contributed by atoms with E-state index in [9.17, 15) is 14.7 Å². The third kappa shape index (κ3) is 3.73. The number of hydrogen-bond acceptors (Lipinski definition) is 6. The van der Waals surface area contributed by atoms with Crippen LogP contribution >= 0.6 is 22.9 Å². The number of ether oxygens (including phenoxy) is 1. The second kappa shape index (κ2) is 8.59. The number of benzene rings is 3. The number of aliphatic hydroxyl groups excluding tert-OH is 1. The van der Waals surface area contributed by atoms with Crippen molar-refractivity contribution in [2.24, 2.45) is 0 Å². The summed E-state index contributed by atoms with van der Waals surface area (Å²) in [5.41, 5.74) is 2.79. The van der Waals surface area contributed by atoms with Gasteiger partial charge in [0.05, 0.1) is 28.9 Å². The number of hydrogen-bond donors (Lipinski definition) is 1. The van der Waals surface area contributed by atoms with Crippen molar-refractivity contribution in [1.29, 1.82) is 0 Å². The Morgan fingerprint density at radius 3 is 2.44 bits per heavy atom. The number of aryl methyl sites for hydroxylation is 1. The Morgan fingerprint density at radius 1 is 1.06 bits per heavy atom. The molecular weight excluding hydrogens is 472 g/mol. The fourth-order valence-electron chi connectivity index (χ4n) is 3.99. The highest BCUT2D eigenvalue weighted by molar-refractivity contribution is 7.22. The molecule has 8 heteroatoms. The third-order valence-corrected chi connectivity index (χ3v) is 7.00.